The first-order chi connectivity index (χ1) is 25.8. The van der Waals surface area contributed by atoms with Gasteiger partial charge in [0.15, 0.2) is 0 Å². The lowest BCUT2D eigenvalue weighted by Gasteiger charge is -2.27. The summed E-state index contributed by atoms with van der Waals surface area (Å²) < 4.78 is 7.61. The molecule has 0 aliphatic rings. The minimum Gasteiger partial charge on any atom is -0.310 e. The van der Waals surface area contributed by atoms with E-state index in [2.05, 4.69) is 191 Å². The van der Waals surface area contributed by atoms with Crippen LogP contribution in [0.4, 0.5) is 17.1 Å². The summed E-state index contributed by atoms with van der Waals surface area (Å²) in [7, 11) is 0. The van der Waals surface area contributed by atoms with E-state index in [0.29, 0.717) is 0 Å². The number of benzene rings is 8. The van der Waals surface area contributed by atoms with Crippen LogP contribution in [0.2, 0.25) is 0 Å². The molecule has 0 aliphatic heterocycles. The SMILES string of the molecule is c1ccc(-c2ccc(N(c3ccc4sc5ccccc5c4c3)c3ccc4c(c3)c3ccccc3n4-c3ccccc3)c3c2sc2ccccc23)cc1. The summed E-state index contributed by atoms with van der Waals surface area (Å²) in [6.07, 6.45) is 0. The predicted octanol–water partition coefficient (Wildman–Crippen LogP) is 14.7. The van der Waals surface area contributed by atoms with E-state index in [9.17, 15) is 0 Å². The van der Waals surface area contributed by atoms with Crippen molar-refractivity contribution < 1.29 is 0 Å². The number of rotatable bonds is 5. The summed E-state index contributed by atoms with van der Waals surface area (Å²) in [6.45, 7) is 0. The van der Waals surface area contributed by atoms with Gasteiger partial charge in [0.2, 0.25) is 0 Å². The molecule has 0 fully saturated rings. The molecule has 0 unspecified atom stereocenters. The maximum absolute atomic E-state index is 2.50. The van der Waals surface area contributed by atoms with E-state index in [1.54, 1.807) is 0 Å². The third-order valence-corrected chi connectivity index (χ3v) is 12.7. The van der Waals surface area contributed by atoms with Crippen molar-refractivity contribution in [1.82, 2.24) is 4.57 Å². The Balaban J connectivity index is 1.23. The van der Waals surface area contributed by atoms with Crippen LogP contribution < -0.4 is 4.90 Å². The highest BCUT2D eigenvalue weighted by atomic mass is 32.1. The molecule has 8 aromatic carbocycles. The summed E-state index contributed by atoms with van der Waals surface area (Å²) in [5.41, 5.74) is 9.52. The normalized spacial score (nSPS) is 11.8. The summed E-state index contributed by atoms with van der Waals surface area (Å²) >= 11 is 3.75. The Bertz CT molecular complexity index is 3130. The predicted molar refractivity (Wildman–Crippen MR) is 227 cm³/mol. The molecule has 2 nitrogen and oxygen atoms in total. The van der Waals surface area contributed by atoms with Gasteiger partial charge in [0.1, 0.15) is 0 Å². The van der Waals surface area contributed by atoms with Gasteiger partial charge in [-0.15, -0.1) is 22.7 Å². The lowest BCUT2D eigenvalue weighted by atomic mass is 10.00. The zero-order valence-corrected chi connectivity index (χ0v) is 29.7. The Morgan fingerprint density at radius 3 is 1.81 bits per heavy atom. The molecule has 0 spiro atoms. The van der Waals surface area contributed by atoms with Crippen molar-refractivity contribution in [2.24, 2.45) is 0 Å². The Hall–Kier alpha value is -6.20. The largest absolute Gasteiger partial charge is 0.310 e. The standard InChI is InChI=1S/C48H30N2S2/c1-3-13-31(14-4-1)35-25-27-43(47-38-19-9-12-22-45(38)52-48(35)47)49(34-24-28-46-40(30-34)37-18-8-11-21-44(37)51-46)33-23-26-42-39(29-33)36-17-7-10-20-41(36)50(42)32-15-5-2-6-16-32/h1-30H. The van der Waals surface area contributed by atoms with Crippen LogP contribution >= 0.6 is 22.7 Å². The monoisotopic (exact) mass is 698 g/mol. The number of para-hydroxylation sites is 2. The Morgan fingerprint density at radius 2 is 1.00 bits per heavy atom. The first-order valence-electron chi connectivity index (χ1n) is 17.6. The molecule has 52 heavy (non-hydrogen) atoms. The molecule has 0 saturated heterocycles. The Labute approximate surface area is 308 Å². The van der Waals surface area contributed by atoms with Gasteiger partial charge in [-0.25, -0.2) is 0 Å². The number of hydrogen-bond acceptors (Lipinski definition) is 3. The Morgan fingerprint density at radius 1 is 0.404 bits per heavy atom. The van der Waals surface area contributed by atoms with Crippen LogP contribution in [0.25, 0.3) is 79.0 Å². The quantitative estimate of drug-likeness (QED) is 0.174. The number of nitrogens with zero attached hydrogens (tertiary/aromatic N) is 2. The van der Waals surface area contributed by atoms with E-state index in [4.69, 9.17) is 0 Å². The van der Waals surface area contributed by atoms with E-state index in [1.807, 2.05) is 22.7 Å². The van der Waals surface area contributed by atoms with Crippen LogP contribution in [-0.4, -0.2) is 4.57 Å². The molecule has 0 N–H and O–H groups in total. The zero-order chi connectivity index (χ0) is 34.2. The molecule has 4 heteroatoms. The first kappa shape index (κ1) is 29.5. The van der Waals surface area contributed by atoms with Crippen molar-refractivity contribution in [2.75, 3.05) is 4.90 Å². The fourth-order valence-electron chi connectivity index (χ4n) is 8.08. The molecular weight excluding hydrogens is 669 g/mol. The smallest absolute Gasteiger partial charge is 0.0555 e. The molecule has 0 aliphatic carbocycles. The molecular formula is C48H30N2S2. The molecule has 0 atom stereocenters. The average Bonchev–Trinajstić information content (AvgIpc) is 3.88. The number of hydrogen-bond donors (Lipinski definition) is 0. The maximum Gasteiger partial charge on any atom is 0.0555 e. The van der Waals surface area contributed by atoms with Gasteiger partial charge in [0, 0.05) is 68.2 Å². The number of aromatic nitrogens is 1. The van der Waals surface area contributed by atoms with Gasteiger partial charge in [0.25, 0.3) is 0 Å². The zero-order valence-electron chi connectivity index (χ0n) is 28.0. The summed E-state index contributed by atoms with van der Waals surface area (Å²) in [5.74, 6) is 0. The van der Waals surface area contributed by atoms with Crippen molar-refractivity contribution in [2.45, 2.75) is 0 Å². The molecule has 0 bridgehead atoms. The number of anilines is 3. The van der Waals surface area contributed by atoms with Gasteiger partial charge in [-0.3, -0.25) is 0 Å². The fourth-order valence-corrected chi connectivity index (χ4v) is 10.4. The maximum atomic E-state index is 2.50. The van der Waals surface area contributed by atoms with Crippen LogP contribution in [0.1, 0.15) is 0 Å². The van der Waals surface area contributed by atoms with E-state index >= 15 is 0 Å². The second-order valence-electron chi connectivity index (χ2n) is 13.3. The third kappa shape index (κ3) is 4.48. The fraction of sp³-hybridized carbons (Fsp3) is 0. The minimum atomic E-state index is 1.13. The second kappa shape index (κ2) is 11.7. The molecule has 3 heterocycles. The molecule has 244 valence electrons. The highest BCUT2D eigenvalue weighted by Gasteiger charge is 2.23. The van der Waals surface area contributed by atoms with Crippen molar-refractivity contribution in [3.05, 3.63) is 182 Å². The number of fused-ring (bicyclic) bond motifs is 9. The number of thiophene rings is 2. The minimum absolute atomic E-state index is 1.13. The van der Waals surface area contributed by atoms with Gasteiger partial charge in [0.05, 0.1) is 16.7 Å². The van der Waals surface area contributed by atoms with E-state index in [0.717, 1.165) is 17.1 Å². The van der Waals surface area contributed by atoms with Crippen molar-refractivity contribution in [3.8, 4) is 16.8 Å². The third-order valence-electron chi connectivity index (χ3n) is 10.4. The van der Waals surface area contributed by atoms with Crippen molar-refractivity contribution in [1.29, 1.82) is 0 Å². The molecule has 11 rings (SSSR count). The van der Waals surface area contributed by atoms with Gasteiger partial charge < -0.3 is 9.47 Å². The van der Waals surface area contributed by atoms with E-state index in [-0.39, 0.29) is 0 Å². The van der Waals surface area contributed by atoms with Crippen LogP contribution in [0.3, 0.4) is 0 Å². The molecule has 3 aromatic heterocycles. The molecule has 0 saturated carbocycles. The topological polar surface area (TPSA) is 8.17 Å². The summed E-state index contributed by atoms with van der Waals surface area (Å²) in [4.78, 5) is 2.50. The van der Waals surface area contributed by atoms with Gasteiger partial charge in [-0.05, 0) is 83.9 Å². The van der Waals surface area contributed by atoms with Crippen LogP contribution in [0.15, 0.2) is 182 Å². The molecule has 0 radical (unpaired) electrons. The van der Waals surface area contributed by atoms with E-state index < -0.39 is 0 Å². The van der Waals surface area contributed by atoms with Crippen LogP contribution in [0.5, 0.6) is 0 Å². The molecule has 11 aromatic rings. The van der Waals surface area contributed by atoms with Crippen LogP contribution in [-0.2, 0) is 0 Å². The second-order valence-corrected chi connectivity index (χ2v) is 15.4. The van der Waals surface area contributed by atoms with Crippen LogP contribution in [0, 0.1) is 0 Å². The van der Waals surface area contributed by atoms with Crippen molar-refractivity contribution >= 4 is 102 Å². The van der Waals surface area contributed by atoms with Gasteiger partial charge >= 0.3 is 0 Å². The first-order valence-corrected chi connectivity index (χ1v) is 19.2. The lowest BCUT2D eigenvalue weighted by Crippen LogP contribution is -2.10. The summed E-state index contributed by atoms with van der Waals surface area (Å²) in [6, 6.07) is 66.7. The average molecular weight is 699 g/mol. The highest BCUT2D eigenvalue weighted by molar-refractivity contribution is 7.26. The van der Waals surface area contributed by atoms with Gasteiger partial charge in [-0.1, -0.05) is 109 Å². The van der Waals surface area contributed by atoms with Gasteiger partial charge in [-0.2, -0.15) is 0 Å². The lowest BCUT2D eigenvalue weighted by molar-refractivity contribution is 1.18. The highest BCUT2D eigenvalue weighted by Crippen LogP contribution is 2.50. The van der Waals surface area contributed by atoms with Crippen molar-refractivity contribution in [3.63, 3.8) is 0 Å². The molecule has 0 amide bonds. The van der Waals surface area contributed by atoms with E-state index in [1.165, 1.54) is 79.0 Å². The summed E-state index contributed by atoms with van der Waals surface area (Å²) in [5, 5.41) is 7.63. The Kier molecular flexibility index (Phi) is 6.63.